The number of rotatable bonds is 4. The average Bonchev–Trinajstić information content (AvgIpc) is 3.24. The lowest BCUT2D eigenvalue weighted by Gasteiger charge is -2.34. The topological polar surface area (TPSA) is 83.7 Å². The number of anilines is 3. The minimum Gasteiger partial charge on any atom is -0.378 e. The molecular formula is C19H24N8O. The normalized spacial score (nSPS) is 20.5. The highest BCUT2D eigenvalue weighted by molar-refractivity contribution is 5.68. The van der Waals surface area contributed by atoms with E-state index in [1.54, 1.807) is 0 Å². The third-order valence-electron chi connectivity index (χ3n) is 5.31. The van der Waals surface area contributed by atoms with Crippen molar-refractivity contribution in [2.75, 3.05) is 54.5 Å². The minimum atomic E-state index is 0.311. The van der Waals surface area contributed by atoms with Crippen LogP contribution in [-0.4, -0.2) is 70.0 Å². The van der Waals surface area contributed by atoms with E-state index in [2.05, 4.69) is 30.2 Å². The Balaban J connectivity index is 1.30. The van der Waals surface area contributed by atoms with Crippen molar-refractivity contribution in [1.82, 2.24) is 24.6 Å². The number of aromatic nitrogens is 5. The van der Waals surface area contributed by atoms with Crippen LogP contribution < -0.4 is 15.1 Å². The number of hydrogen-bond acceptors (Lipinski definition) is 8. The molecule has 0 aliphatic carbocycles. The van der Waals surface area contributed by atoms with Crippen molar-refractivity contribution in [2.24, 2.45) is 0 Å². The van der Waals surface area contributed by atoms with Gasteiger partial charge in [-0.15, -0.1) is 0 Å². The molecule has 2 saturated heterocycles. The number of ether oxygens (including phenoxy) is 1. The molecule has 0 radical (unpaired) electrons. The fourth-order valence-corrected chi connectivity index (χ4v) is 3.93. The van der Waals surface area contributed by atoms with Gasteiger partial charge in [-0.1, -0.05) is 0 Å². The van der Waals surface area contributed by atoms with Crippen LogP contribution in [0.3, 0.4) is 0 Å². The van der Waals surface area contributed by atoms with Gasteiger partial charge < -0.3 is 19.9 Å². The van der Waals surface area contributed by atoms with Gasteiger partial charge in [0.05, 0.1) is 19.4 Å². The summed E-state index contributed by atoms with van der Waals surface area (Å²) in [5, 5.41) is 7.92. The van der Waals surface area contributed by atoms with Crippen LogP contribution in [0.15, 0.2) is 36.9 Å². The van der Waals surface area contributed by atoms with Crippen LogP contribution in [0, 0.1) is 0 Å². The minimum absolute atomic E-state index is 0.311. The van der Waals surface area contributed by atoms with E-state index < -0.39 is 0 Å². The largest absolute Gasteiger partial charge is 0.378 e. The molecule has 0 spiro atoms. The molecule has 1 atom stereocenters. The van der Waals surface area contributed by atoms with Crippen molar-refractivity contribution in [3.05, 3.63) is 36.9 Å². The molecule has 0 bridgehead atoms. The molecule has 146 valence electrons. The summed E-state index contributed by atoms with van der Waals surface area (Å²) >= 11 is 0. The predicted octanol–water partition coefficient (Wildman–Crippen LogP) is 1.44. The molecule has 2 fully saturated rings. The quantitative estimate of drug-likeness (QED) is 0.728. The van der Waals surface area contributed by atoms with Gasteiger partial charge in [0.15, 0.2) is 5.82 Å². The molecule has 9 nitrogen and oxygen atoms in total. The molecule has 5 rings (SSSR count). The molecule has 2 aliphatic heterocycles. The van der Waals surface area contributed by atoms with E-state index >= 15 is 0 Å². The third kappa shape index (κ3) is 3.45. The summed E-state index contributed by atoms with van der Waals surface area (Å²) in [5.74, 6) is 2.63. The van der Waals surface area contributed by atoms with Crippen LogP contribution in [0.25, 0.3) is 5.52 Å². The van der Waals surface area contributed by atoms with E-state index in [1.165, 1.54) is 0 Å². The standard InChI is InChI=1S/C19H24N8O/c1-2-15(14-26(8-1)18-16-3-6-22-27(16)9-7-20-18)23-17-4-5-21-19(24-17)25-10-12-28-13-11-25/h3-7,9,15H,1-2,8,10-14H2,(H,21,23,24). The Morgan fingerprint density at radius 1 is 1.00 bits per heavy atom. The summed E-state index contributed by atoms with van der Waals surface area (Å²) < 4.78 is 7.29. The van der Waals surface area contributed by atoms with Gasteiger partial charge in [0, 0.05) is 50.8 Å². The first kappa shape index (κ1) is 17.2. The van der Waals surface area contributed by atoms with E-state index in [9.17, 15) is 0 Å². The molecular weight excluding hydrogens is 356 g/mol. The van der Waals surface area contributed by atoms with E-state index in [4.69, 9.17) is 9.72 Å². The molecule has 3 aromatic rings. The Bertz CT molecular complexity index is 938. The summed E-state index contributed by atoms with van der Waals surface area (Å²) in [6.45, 7) is 5.01. The van der Waals surface area contributed by atoms with E-state index in [-0.39, 0.29) is 0 Å². The van der Waals surface area contributed by atoms with Crippen LogP contribution >= 0.6 is 0 Å². The van der Waals surface area contributed by atoms with E-state index in [0.717, 1.165) is 75.3 Å². The van der Waals surface area contributed by atoms with Gasteiger partial charge in [-0.25, -0.2) is 14.5 Å². The Kier molecular flexibility index (Phi) is 4.66. The second-order valence-electron chi connectivity index (χ2n) is 7.18. The SMILES string of the molecule is c1cc(NC2CCCN(c3nccn4nccc34)C2)nc(N2CCOCC2)n1. The first-order valence-electron chi connectivity index (χ1n) is 9.82. The Morgan fingerprint density at radius 3 is 2.86 bits per heavy atom. The lowest BCUT2D eigenvalue weighted by Crippen LogP contribution is -2.43. The fourth-order valence-electron chi connectivity index (χ4n) is 3.93. The van der Waals surface area contributed by atoms with Gasteiger partial charge in [-0.3, -0.25) is 0 Å². The Hall–Kier alpha value is -2.94. The zero-order valence-electron chi connectivity index (χ0n) is 15.7. The van der Waals surface area contributed by atoms with Crippen LogP contribution in [-0.2, 0) is 4.74 Å². The molecule has 0 saturated carbocycles. The van der Waals surface area contributed by atoms with Gasteiger partial charge in [-0.05, 0) is 25.0 Å². The second kappa shape index (κ2) is 7.59. The fraction of sp³-hybridized carbons (Fsp3) is 0.474. The summed E-state index contributed by atoms with van der Waals surface area (Å²) in [6.07, 6.45) is 9.55. The highest BCUT2D eigenvalue weighted by atomic mass is 16.5. The predicted molar refractivity (Wildman–Crippen MR) is 107 cm³/mol. The number of nitrogens with one attached hydrogen (secondary N) is 1. The van der Waals surface area contributed by atoms with Crippen molar-refractivity contribution in [3.63, 3.8) is 0 Å². The van der Waals surface area contributed by atoms with Crippen molar-refractivity contribution in [3.8, 4) is 0 Å². The number of fused-ring (bicyclic) bond motifs is 1. The molecule has 0 aromatic carbocycles. The summed E-state index contributed by atoms with van der Waals surface area (Å²) in [7, 11) is 0. The lowest BCUT2D eigenvalue weighted by molar-refractivity contribution is 0.122. The van der Waals surface area contributed by atoms with Gasteiger partial charge in [-0.2, -0.15) is 10.1 Å². The van der Waals surface area contributed by atoms with Crippen molar-refractivity contribution in [2.45, 2.75) is 18.9 Å². The van der Waals surface area contributed by atoms with E-state index in [0.29, 0.717) is 6.04 Å². The van der Waals surface area contributed by atoms with Gasteiger partial charge in [0.2, 0.25) is 5.95 Å². The molecule has 28 heavy (non-hydrogen) atoms. The molecule has 1 N–H and O–H groups in total. The maximum Gasteiger partial charge on any atom is 0.227 e. The molecule has 2 aliphatic rings. The van der Waals surface area contributed by atoms with Crippen molar-refractivity contribution >= 4 is 23.1 Å². The zero-order valence-corrected chi connectivity index (χ0v) is 15.7. The second-order valence-corrected chi connectivity index (χ2v) is 7.18. The number of piperidine rings is 1. The van der Waals surface area contributed by atoms with Crippen LogP contribution in [0.1, 0.15) is 12.8 Å². The monoisotopic (exact) mass is 380 g/mol. The maximum absolute atomic E-state index is 5.42. The highest BCUT2D eigenvalue weighted by Gasteiger charge is 2.23. The molecule has 3 aromatic heterocycles. The third-order valence-corrected chi connectivity index (χ3v) is 5.31. The van der Waals surface area contributed by atoms with Crippen LogP contribution in [0.4, 0.5) is 17.6 Å². The van der Waals surface area contributed by atoms with Crippen molar-refractivity contribution in [1.29, 1.82) is 0 Å². The smallest absolute Gasteiger partial charge is 0.227 e. The first-order chi connectivity index (χ1) is 13.9. The molecule has 0 amide bonds. The van der Waals surface area contributed by atoms with Gasteiger partial charge >= 0.3 is 0 Å². The van der Waals surface area contributed by atoms with Crippen molar-refractivity contribution < 1.29 is 4.74 Å². The number of hydrogen-bond donors (Lipinski definition) is 1. The van der Waals surface area contributed by atoms with Gasteiger partial charge in [0.1, 0.15) is 11.3 Å². The maximum atomic E-state index is 5.42. The Labute approximate surface area is 163 Å². The van der Waals surface area contributed by atoms with E-state index in [1.807, 2.05) is 41.4 Å². The summed E-state index contributed by atoms with van der Waals surface area (Å²) in [4.78, 5) is 18.3. The number of morpholine rings is 1. The van der Waals surface area contributed by atoms with Crippen LogP contribution in [0.5, 0.6) is 0 Å². The Morgan fingerprint density at radius 2 is 1.93 bits per heavy atom. The molecule has 5 heterocycles. The molecule has 1 unspecified atom stereocenters. The average molecular weight is 380 g/mol. The highest BCUT2D eigenvalue weighted by Crippen LogP contribution is 2.24. The summed E-state index contributed by atoms with van der Waals surface area (Å²) in [5.41, 5.74) is 1.04. The van der Waals surface area contributed by atoms with Crippen LogP contribution in [0.2, 0.25) is 0 Å². The zero-order chi connectivity index (χ0) is 18.8. The molecule has 9 heteroatoms. The van der Waals surface area contributed by atoms with Gasteiger partial charge in [0.25, 0.3) is 0 Å². The number of nitrogens with zero attached hydrogens (tertiary/aromatic N) is 7. The lowest BCUT2D eigenvalue weighted by atomic mass is 10.1. The first-order valence-corrected chi connectivity index (χ1v) is 9.82. The summed E-state index contributed by atoms with van der Waals surface area (Å²) in [6, 6.07) is 4.27.